The van der Waals surface area contributed by atoms with Crippen molar-refractivity contribution in [1.82, 2.24) is 0 Å². The topological polar surface area (TPSA) is 110 Å². The number of rotatable bonds is 6. The smallest absolute Gasteiger partial charge is 0.331 e. The summed E-state index contributed by atoms with van der Waals surface area (Å²) >= 11 is 0. The minimum absolute atomic E-state index is 0.0102. The molecule has 6 heteroatoms. The number of phenols is 1. The van der Waals surface area contributed by atoms with E-state index in [1.54, 1.807) is 0 Å². The standard InChI is InChI=1S/C24H21NO5/c25-24(13-22(27)28,15-9-11-16(26)12-10-15)23(29)30-14-21-19-7-3-1-5-17(19)18-6-2-4-8-20(18)21/h1-12,21,26H,13-14,25H2,(H,27,28). The first-order chi connectivity index (χ1) is 14.4. The quantitative estimate of drug-likeness (QED) is 0.545. The molecule has 0 bridgehead atoms. The predicted molar refractivity (Wildman–Crippen MR) is 111 cm³/mol. The normalized spacial score (nSPS) is 14.4. The van der Waals surface area contributed by atoms with Crippen molar-refractivity contribution >= 4 is 11.9 Å². The number of ether oxygens (including phenoxy) is 1. The molecule has 152 valence electrons. The average molecular weight is 403 g/mol. The number of aromatic hydroxyl groups is 1. The molecule has 6 nitrogen and oxygen atoms in total. The third-order valence-corrected chi connectivity index (χ3v) is 5.52. The lowest BCUT2D eigenvalue weighted by atomic mass is 9.87. The molecule has 1 unspecified atom stereocenters. The van der Waals surface area contributed by atoms with Crippen LogP contribution in [-0.2, 0) is 19.9 Å². The Morgan fingerprint density at radius 1 is 0.900 bits per heavy atom. The van der Waals surface area contributed by atoms with Crippen molar-refractivity contribution in [2.75, 3.05) is 6.61 Å². The van der Waals surface area contributed by atoms with E-state index in [2.05, 4.69) is 0 Å². The highest BCUT2D eigenvalue weighted by Crippen LogP contribution is 2.44. The highest BCUT2D eigenvalue weighted by molar-refractivity contribution is 5.88. The van der Waals surface area contributed by atoms with E-state index in [0.717, 1.165) is 22.3 Å². The maximum absolute atomic E-state index is 13.0. The summed E-state index contributed by atoms with van der Waals surface area (Å²) in [6.45, 7) is 0.0452. The fourth-order valence-corrected chi connectivity index (χ4v) is 4.02. The van der Waals surface area contributed by atoms with Crippen LogP contribution in [0.4, 0.5) is 0 Å². The Morgan fingerprint density at radius 2 is 1.43 bits per heavy atom. The number of carbonyl (C=O) groups is 2. The summed E-state index contributed by atoms with van der Waals surface area (Å²) in [5.41, 5.74) is 8.95. The molecule has 4 N–H and O–H groups in total. The van der Waals surface area contributed by atoms with Gasteiger partial charge in [0.25, 0.3) is 0 Å². The summed E-state index contributed by atoms with van der Waals surface area (Å²) in [6.07, 6.45) is -0.631. The van der Waals surface area contributed by atoms with Gasteiger partial charge in [0.05, 0.1) is 6.42 Å². The van der Waals surface area contributed by atoms with Crippen molar-refractivity contribution in [1.29, 1.82) is 0 Å². The van der Waals surface area contributed by atoms with Crippen LogP contribution in [0, 0.1) is 0 Å². The molecule has 0 aliphatic heterocycles. The van der Waals surface area contributed by atoms with E-state index in [9.17, 15) is 19.8 Å². The van der Waals surface area contributed by atoms with E-state index in [1.165, 1.54) is 24.3 Å². The molecule has 0 aromatic heterocycles. The predicted octanol–water partition coefficient (Wildman–Crippen LogP) is 3.38. The second kappa shape index (κ2) is 7.65. The highest BCUT2D eigenvalue weighted by atomic mass is 16.5. The molecule has 0 spiro atoms. The van der Waals surface area contributed by atoms with Crippen LogP contribution in [0.2, 0.25) is 0 Å². The molecule has 0 heterocycles. The zero-order chi connectivity index (χ0) is 21.3. The fraction of sp³-hybridized carbons (Fsp3) is 0.167. The first kappa shape index (κ1) is 19.7. The number of carbonyl (C=O) groups excluding carboxylic acids is 1. The molecule has 1 aliphatic carbocycles. The molecule has 3 aromatic carbocycles. The summed E-state index contributed by atoms with van der Waals surface area (Å²) in [5.74, 6) is -2.21. The molecule has 0 amide bonds. The summed E-state index contributed by atoms with van der Waals surface area (Å²) in [6, 6.07) is 21.4. The molecule has 4 rings (SSSR count). The fourth-order valence-electron chi connectivity index (χ4n) is 4.02. The van der Waals surface area contributed by atoms with Crippen LogP contribution in [0.5, 0.6) is 5.75 Å². The summed E-state index contributed by atoms with van der Waals surface area (Å²) in [4.78, 5) is 24.4. The lowest BCUT2D eigenvalue weighted by Gasteiger charge is -2.27. The van der Waals surface area contributed by atoms with Crippen molar-refractivity contribution in [2.24, 2.45) is 5.73 Å². The Bertz CT molecular complexity index is 1060. The first-order valence-electron chi connectivity index (χ1n) is 9.56. The zero-order valence-electron chi connectivity index (χ0n) is 16.1. The maximum Gasteiger partial charge on any atom is 0.331 e. The van der Waals surface area contributed by atoms with E-state index in [-0.39, 0.29) is 23.8 Å². The van der Waals surface area contributed by atoms with E-state index in [0.29, 0.717) is 0 Å². The van der Waals surface area contributed by atoms with Gasteiger partial charge in [0.1, 0.15) is 12.4 Å². The third kappa shape index (κ3) is 3.42. The molecular formula is C24H21NO5. The van der Waals surface area contributed by atoms with Crippen LogP contribution in [0.25, 0.3) is 11.1 Å². The average Bonchev–Trinajstić information content (AvgIpc) is 3.05. The van der Waals surface area contributed by atoms with E-state index in [4.69, 9.17) is 10.5 Å². The van der Waals surface area contributed by atoms with E-state index in [1.807, 2.05) is 48.5 Å². The van der Waals surface area contributed by atoms with Crippen LogP contribution in [0.1, 0.15) is 29.0 Å². The summed E-state index contributed by atoms with van der Waals surface area (Å²) < 4.78 is 5.60. The van der Waals surface area contributed by atoms with E-state index >= 15 is 0 Å². The Labute approximate surface area is 173 Å². The lowest BCUT2D eigenvalue weighted by Crippen LogP contribution is -2.48. The van der Waals surface area contributed by atoms with Crippen molar-refractivity contribution in [2.45, 2.75) is 17.9 Å². The lowest BCUT2D eigenvalue weighted by molar-refractivity contribution is -0.155. The largest absolute Gasteiger partial charge is 0.508 e. The third-order valence-electron chi connectivity index (χ3n) is 5.52. The van der Waals surface area contributed by atoms with Gasteiger partial charge in [0, 0.05) is 5.92 Å². The molecule has 0 fully saturated rings. The van der Waals surface area contributed by atoms with Gasteiger partial charge in [-0.3, -0.25) is 4.79 Å². The maximum atomic E-state index is 13.0. The van der Waals surface area contributed by atoms with Gasteiger partial charge in [-0.05, 0) is 39.9 Å². The van der Waals surface area contributed by atoms with E-state index < -0.39 is 23.9 Å². The van der Waals surface area contributed by atoms with Crippen molar-refractivity contribution < 1.29 is 24.5 Å². The van der Waals surface area contributed by atoms with Gasteiger partial charge in [-0.2, -0.15) is 0 Å². The Kier molecular flexibility index (Phi) is 5.01. The molecule has 0 radical (unpaired) electrons. The summed E-state index contributed by atoms with van der Waals surface area (Å²) in [5, 5.41) is 18.8. The van der Waals surface area contributed by atoms with Gasteiger partial charge in [0.2, 0.25) is 0 Å². The second-order valence-electron chi connectivity index (χ2n) is 7.41. The molecule has 0 saturated heterocycles. The minimum Gasteiger partial charge on any atom is -0.508 e. The number of hydrogen-bond donors (Lipinski definition) is 3. The molecule has 30 heavy (non-hydrogen) atoms. The van der Waals surface area contributed by atoms with Crippen LogP contribution in [0.15, 0.2) is 72.8 Å². The van der Waals surface area contributed by atoms with Gasteiger partial charge in [-0.1, -0.05) is 60.7 Å². The van der Waals surface area contributed by atoms with Gasteiger partial charge in [-0.15, -0.1) is 0 Å². The molecule has 1 aliphatic rings. The minimum atomic E-state index is -1.86. The summed E-state index contributed by atoms with van der Waals surface area (Å²) in [7, 11) is 0. The molecular weight excluding hydrogens is 382 g/mol. The van der Waals surface area contributed by atoms with Crippen molar-refractivity contribution in [3.05, 3.63) is 89.5 Å². The molecule has 1 atom stereocenters. The van der Waals surface area contributed by atoms with Crippen molar-refractivity contribution in [3.63, 3.8) is 0 Å². The number of fused-ring (bicyclic) bond motifs is 3. The number of hydrogen-bond acceptors (Lipinski definition) is 5. The zero-order valence-corrected chi connectivity index (χ0v) is 16.1. The van der Waals surface area contributed by atoms with Crippen LogP contribution in [-0.4, -0.2) is 28.8 Å². The second-order valence-corrected chi connectivity index (χ2v) is 7.41. The van der Waals surface area contributed by atoms with Crippen LogP contribution < -0.4 is 5.73 Å². The highest BCUT2D eigenvalue weighted by Gasteiger charge is 2.41. The van der Waals surface area contributed by atoms with Crippen molar-refractivity contribution in [3.8, 4) is 16.9 Å². The van der Waals surface area contributed by atoms with Crippen LogP contribution >= 0.6 is 0 Å². The van der Waals surface area contributed by atoms with Gasteiger partial charge >= 0.3 is 11.9 Å². The van der Waals surface area contributed by atoms with Crippen LogP contribution in [0.3, 0.4) is 0 Å². The number of nitrogens with two attached hydrogens (primary N) is 1. The number of benzene rings is 3. The number of phenolic OH excluding ortho intramolecular Hbond substituents is 1. The number of carboxylic acid groups (broad SMARTS) is 1. The Balaban J connectivity index is 1.61. The van der Waals surface area contributed by atoms with Gasteiger partial charge < -0.3 is 20.7 Å². The number of esters is 1. The molecule has 0 saturated carbocycles. The SMILES string of the molecule is NC(CC(=O)O)(C(=O)OCC1c2ccccc2-c2ccccc21)c1ccc(O)cc1. The Morgan fingerprint density at radius 3 is 1.97 bits per heavy atom. The Hall–Kier alpha value is -3.64. The van der Waals surface area contributed by atoms with Gasteiger partial charge in [0.15, 0.2) is 5.54 Å². The number of carboxylic acids is 1. The van der Waals surface area contributed by atoms with Gasteiger partial charge in [-0.25, -0.2) is 4.79 Å². The first-order valence-corrected chi connectivity index (χ1v) is 9.56. The monoisotopic (exact) mass is 403 g/mol. The number of aliphatic carboxylic acids is 1. The molecule has 3 aromatic rings.